The van der Waals surface area contributed by atoms with E-state index in [0.29, 0.717) is 5.12 Å². The molecule has 0 bridgehead atoms. The maximum absolute atomic E-state index is 11.0. The summed E-state index contributed by atoms with van der Waals surface area (Å²) >= 11 is 0. The lowest BCUT2D eigenvalue weighted by Gasteiger charge is -2.44. The van der Waals surface area contributed by atoms with Crippen LogP contribution in [0.15, 0.2) is 0 Å². The minimum absolute atomic E-state index is 0.0561. The van der Waals surface area contributed by atoms with Gasteiger partial charge < -0.3 is 26.6 Å². The standard InChI is InChI=1S/C8H21N5O3/c1-7(2,9)15-6-11-8(3,4)16-13(14)12(5)10/h10-11H,6,9H2,1-5H3/q-2. The van der Waals surface area contributed by atoms with E-state index in [4.69, 9.17) is 21.2 Å². The van der Waals surface area contributed by atoms with Crippen LogP contribution in [0.2, 0.25) is 0 Å². The third-order valence-corrected chi connectivity index (χ3v) is 1.49. The Kier molecular flexibility index (Phi) is 5.73. The van der Waals surface area contributed by atoms with Crippen molar-refractivity contribution in [3.8, 4) is 0 Å². The van der Waals surface area contributed by atoms with Gasteiger partial charge in [0.2, 0.25) is 0 Å². The second kappa shape index (κ2) is 5.84. The highest BCUT2D eigenvalue weighted by Crippen LogP contribution is 2.09. The first-order valence-corrected chi connectivity index (χ1v) is 4.83. The van der Waals surface area contributed by atoms with Crippen molar-refractivity contribution < 1.29 is 9.57 Å². The van der Waals surface area contributed by atoms with Crippen LogP contribution in [0, 0.1) is 5.21 Å². The molecule has 0 aliphatic carbocycles. The topological polar surface area (TPSA) is 110 Å². The zero-order valence-electron chi connectivity index (χ0n) is 10.4. The molecule has 0 unspecified atom stereocenters. The first-order chi connectivity index (χ1) is 7.03. The maximum atomic E-state index is 11.0. The summed E-state index contributed by atoms with van der Waals surface area (Å²) in [5.74, 6) is 6.98. The molecule has 98 valence electrons. The molecule has 16 heavy (non-hydrogen) atoms. The molecule has 0 fully saturated rings. The number of hydrogen-bond acceptors (Lipinski definition) is 7. The molecular weight excluding hydrogens is 214 g/mol. The molecule has 0 aromatic carbocycles. The largest absolute Gasteiger partial charge is 0.749 e. The van der Waals surface area contributed by atoms with Gasteiger partial charge in [-0.05, 0) is 34.7 Å². The molecule has 0 saturated heterocycles. The maximum Gasteiger partial charge on any atom is 0.136 e. The SMILES string of the molecule is CN([NH-])N([O-])OC(C)(C)NCOC(C)(C)N. The average Bonchev–Trinajstić information content (AvgIpc) is 1.99. The van der Waals surface area contributed by atoms with Gasteiger partial charge in [-0.2, -0.15) is 0 Å². The Morgan fingerprint density at radius 2 is 1.88 bits per heavy atom. The van der Waals surface area contributed by atoms with E-state index in [0.717, 1.165) is 0 Å². The molecule has 8 nitrogen and oxygen atoms in total. The Labute approximate surface area is 95.9 Å². The van der Waals surface area contributed by atoms with Gasteiger partial charge in [0.1, 0.15) is 18.2 Å². The number of rotatable bonds is 7. The summed E-state index contributed by atoms with van der Waals surface area (Å²) in [5.41, 5.74) is 3.89. The van der Waals surface area contributed by atoms with Crippen molar-refractivity contribution >= 4 is 0 Å². The summed E-state index contributed by atoms with van der Waals surface area (Å²) in [6.07, 6.45) is 0. The van der Waals surface area contributed by atoms with Gasteiger partial charge in [-0.25, -0.2) is 5.34 Å². The third kappa shape index (κ3) is 7.91. The van der Waals surface area contributed by atoms with Crippen molar-refractivity contribution in [2.24, 2.45) is 5.73 Å². The Morgan fingerprint density at radius 3 is 2.25 bits per heavy atom. The van der Waals surface area contributed by atoms with E-state index in [1.165, 1.54) is 7.05 Å². The average molecular weight is 235 g/mol. The van der Waals surface area contributed by atoms with Gasteiger partial charge in [0, 0.05) is 0 Å². The van der Waals surface area contributed by atoms with E-state index in [9.17, 15) is 5.21 Å². The molecule has 0 spiro atoms. The number of hydrazine groups is 1. The number of nitrogens with one attached hydrogen (secondary N) is 2. The molecule has 0 saturated carbocycles. The quantitative estimate of drug-likeness (QED) is 0.489. The fourth-order valence-electron chi connectivity index (χ4n) is 0.685. The zero-order valence-corrected chi connectivity index (χ0v) is 10.4. The first kappa shape index (κ1) is 15.7. The number of hydrogen-bond donors (Lipinski definition) is 2. The van der Waals surface area contributed by atoms with Gasteiger partial charge in [-0.1, -0.05) is 0 Å². The summed E-state index contributed by atoms with van der Waals surface area (Å²) in [6, 6.07) is 0. The lowest BCUT2D eigenvalue weighted by Crippen LogP contribution is -2.50. The molecule has 0 amide bonds. The van der Waals surface area contributed by atoms with Crippen LogP contribution in [0.25, 0.3) is 5.84 Å². The smallest absolute Gasteiger partial charge is 0.136 e. The van der Waals surface area contributed by atoms with Crippen molar-refractivity contribution in [1.82, 2.24) is 15.8 Å². The Hall–Kier alpha value is -0.320. The van der Waals surface area contributed by atoms with Crippen molar-refractivity contribution in [3.05, 3.63) is 11.0 Å². The highest BCUT2D eigenvalue weighted by atomic mass is 16.9. The molecule has 0 radical (unpaired) electrons. The summed E-state index contributed by atoms with van der Waals surface area (Å²) in [5, 5.41) is 14.5. The van der Waals surface area contributed by atoms with Crippen LogP contribution in [-0.2, 0) is 9.57 Å². The summed E-state index contributed by atoms with van der Waals surface area (Å²) < 4.78 is 5.21. The fourth-order valence-corrected chi connectivity index (χ4v) is 0.685. The predicted octanol–water partition coefficient (Wildman–Crippen LogP) is 0.526. The minimum atomic E-state index is -0.956. The van der Waals surface area contributed by atoms with Crippen molar-refractivity contribution in [3.63, 3.8) is 0 Å². The Morgan fingerprint density at radius 1 is 1.38 bits per heavy atom. The van der Waals surface area contributed by atoms with Crippen molar-refractivity contribution in [2.75, 3.05) is 13.8 Å². The van der Waals surface area contributed by atoms with Crippen molar-refractivity contribution in [2.45, 2.75) is 39.1 Å². The van der Waals surface area contributed by atoms with Gasteiger partial charge in [-0.15, -0.1) is 0 Å². The van der Waals surface area contributed by atoms with E-state index in [1.807, 2.05) is 0 Å². The minimum Gasteiger partial charge on any atom is -0.749 e. The van der Waals surface area contributed by atoms with Crippen LogP contribution in [0.5, 0.6) is 0 Å². The molecule has 0 heterocycles. The fraction of sp³-hybridized carbons (Fsp3) is 1.00. The zero-order chi connectivity index (χ0) is 13.0. The second-order valence-corrected chi connectivity index (χ2v) is 4.43. The lowest BCUT2D eigenvalue weighted by molar-refractivity contribution is -0.296. The van der Waals surface area contributed by atoms with Crippen LogP contribution in [0.3, 0.4) is 0 Å². The number of nitrogens with two attached hydrogens (primary N) is 1. The van der Waals surface area contributed by atoms with E-state index in [-0.39, 0.29) is 12.1 Å². The predicted molar refractivity (Wildman–Crippen MR) is 59.8 cm³/mol. The number of nitrogens with zero attached hydrogens (tertiary/aromatic N) is 2. The van der Waals surface area contributed by atoms with Crippen LogP contribution in [0.4, 0.5) is 0 Å². The van der Waals surface area contributed by atoms with Gasteiger partial charge in [0.25, 0.3) is 0 Å². The van der Waals surface area contributed by atoms with E-state index in [2.05, 4.69) is 5.32 Å². The molecule has 0 atom stereocenters. The molecule has 0 aromatic rings. The van der Waals surface area contributed by atoms with Gasteiger partial charge in [-0.3, -0.25) is 10.2 Å². The highest BCUT2D eigenvalue weighted by molar-refractivity contribution is 4.64. The van der Waals surface area contributed by atoms with Crippen LogP contribution >= 0.6 is 0 Å². The van der Waals surface area contributed by atoms with Gasteiger partial charge in [0.05, 0.1) is 0 Å². The molecule has 0 rings (SSSR count). The van der Waals surface area contributed by atoms with Gasteiger partial charge >= 0.3 is 0 Å². The molecule has 8 heteroatoms. The third-order valence-electron chi connectivity index (χ3n) is 1.49. The van der Waals surface area contributed by atoms with E-state index in [1.54, 1.807) is 27.7 Å². The Balaban J connectivity index is 3.96. The molecule has 0 aromatic heterocycles. The molecule has 0 aliphatic heterocycles. The van der Waals surface area contributed by atoms with Crippen LogP contribution in [0.1, 0.15) is 27.7 Å². The normalized spacial score (nSPS) is 13.9. The summed E-state index contributed by atoms with van der Waals surface area (Å²) in [4.78, 5) is 4.90. The molecule has 4 N–H and O–H groups in total. The van der Waals surface area contributed by atoms with E-state index < -0.39 is 11.4 Å². The van der Waals surface area contributed by atoms with Crippen LogP contribution < -0.4 is 11.1 Å². The second-order valence-electron chi connectivity index (χ2n) is 4.43. The monoisotopic (exact) mass is 235 g/mol. The summed E-state index contributed by atoms with van der Waals surface area (Å²) in [7, 11) is 1.25. The Bertz CT molecular complexity index is 204. The summed E-state index contributed by atoms with van der Waals surface area (Å²) in [6.45, 7) is 6.81. The first-order valence-electron chi connectivity index (χ1n) is 4.83. The highest BCUT2D eigenvalue weighted by Gasteiger charge is 2.20. The van der Waals surface area contributed by atoms with Gasteiger partial charge in [0.15, 0.2) is 0 Å². The molecule has 0 aliphatic rings. The van der Waals surface area contributed by atoms with Crippen LogP contribution in [-0.4, -0.2) is 35.7 Å². The lowest BCUT2D eigenvalue weighted by atomic mass is 10.3. The van der Waals surface area contributed by atoms with Crippen molar-refractivity contribution in [1.29, 1.82) is 0 Å². The molecular formula is C8H21N5O3-2. The van der Waals surface area contributed by atoms with E-state index >= 15 is 0 Å². The number of ether oxygens (including phenoxy) is 1.